The number of carbonyl (C=O) groups excluding carboxylic acids is 2. The molecule has 1 aromatic carbocycles. The molecule has 22 heavy (non-hydrogen) atoms. The number of halogens is 1. The molecule has 6 heteroatoms. The molecular weight excluding hydrogens is 287 g/mol. The Balaban J connectivity index is 1.68. The van der Waals surface area contributed by atoms with Crippen molar-refractivity contribution in [3.05, 3.63) is 35.1 Å². The molecule has 0 aromatic heterocycles. The van der Waals surface area contributed by atoms with Gasteiger partial charge in [0.1, 0.15) is 11.4 Å². The molecule has 2 aliphatic rings. The van der Waals surface area contributed by atoms with Crippen molar-refractivity contribution in [2.75, 3.05) is 19.6 Å². The van der Waals surface area contributed by atoms with E-state index in [1.807, 2.05) is 0 Å². The van der Waals surface area contributed by atoms with Crippen LogP contribution in [0.3, 0.4) is 0 Å². The highest BCUT2D eigenvalue weighted by atomic mass is 19.1. The first kappa shape index (κ1) is 14.8. The van der Waals surface area contributed by atoms with Crippen LogP contribution in [-0.2, 0) is 4.74 Å². The van der Waals surface area contributed by atoms with Crippen LogP contribution in [0.5, 0.6) is 0 Å². The number of ether oxygens (including phenoxy) is 1. The van der Waals surface area contributed by atoms with Crippen LogP contribution in [-0.4, -0.2) is 42.1 Å². The summed E-state index contributed by atoms with van der Waals surface area (Å²) >= 11 is 0. The smallest absolute Gasteiger partial charge is 0.407 e. The number of likely N-dealkylation sites (tertiary alicyclic amines) is 1. The summed E-state index contributed by atoms with van der Waals surface area (Å²) in [5.41, 5.74) is 0.731. The molecule has 0 aliphatic carbocycles. The van der Waals surface area contributed by atoms with E-state index in [-0.39, 0.29) is 17.8 Å². The summed E-state index contributed by atoms with van der Waals surface area (Å²) in [4.78, 5) is 25.7. The summed E-state index contributed by atoms with van der Waals surface area (Å²) in [5, 5.41) is 2.65. The van der Waals surface area contributed by atoms with E-state index >= 15 is 0 Å². The number of nitrogens with zero attached hydrogens (tertiary/aromatic N) is 1. The maximum absolute atomic E-state index is 13.1. The number of rotatable bonds is 1. The number of hydrogen-bond donors (Lipinski definition) is 1. The molecule has 1 aromatic rings. The van der Waals surface area contributed by atoms with Gasteiger partial charge in [-0.15, -0.1) is 0 Å². The quantitative estimate of drug-likeness (QED) is 0.865. The normalized spacial score (nSPS) is 20.5. The van der Waals surface area contributed by atoms with Crippen LogP contribution in [0.15, 0.2) is 18.2 Å². The van der Waals surface area contributed by atoms with Crippen molar-refractivity contribution in [1.29, 1.82) is 0 Å². The SMILES string of the molecule is Cc1cc(F)ccc1C(=O)N1CCC2(CCNC(=O)O2)CC1. The van der Waals surface area contributed by atoms with E-state index in [0.29, 0.717) is 43.6 Å². The first-order chi connectivity index (χ1) is 10.5. The molecule has 2 amide bonds. The lowest BCUT2D eigenvalue weighted by Crippen LogP contribution is -2.54. The number of aryl methyl sites for hydroxylation is 1. The summed E-state index contributed by atoms with van der Waals surface area (Å²) in [6, 6.07) is 4.20. The highest BCUT2D eigenvalue weighted by Crippen LogP contribution is 2.32. The molecular formula is C16H19FN2O3. The second-order valence-corrected chi connectivity index (χ2v) is 6.00. The number of benzene rings is 1. The maximum atomic E-state index is 13.1. The van der Waals surface area contributed by atoms with E-state index in [4.69, 9.17) is 4.74 Å². The molecule has 2 heterocycles. The van der Waals surface area contributed by atoms with Crippen LogP contribution in [0.4, 0.5) is 9.18 Å². The van der Waals surface area contributed by atoms with Gasteiger partial charge in [0.2, 0.25) is 0 Å². The average molecular weight is 306 g/mol. The van der Waals surface area contributed by atoms with Gasteiger partial charge in [0.05, 0.1) is 0 Å². The van der Waals surface area contributed by atoms with Gasteiger partial charge < -0.3 is 15.0 Å². The minimum Gasteiger partial charge on any atom is -0.443 e. The van der Waals surface area contributed by atoms with Gasteiger partial charge in [-0.05, 0) is 30.7 Å². The van der Waals surface area contributed by atoms with E-state index < -0.39 is 5.60 Å². The topological polar surface area (TPSA) is 58.6 Å². The zero-order valence-electron chi connectivity index (χ0n) is 12.5. The second kappa shape index (κ2) is 5.59. The third-order valence-corrected chi connectivity index (χ3v) is 4.54. The number of piperidine rings is 1. The van der Waals surface area contributed by atoms with Crippen LogP contribution in [0.2, 0.25) is 0 Å². The Bertz CT molecular complexity index is 609. The molecule has 1 spiro atoms. The Morgan fingerprint density at radius 2 is 2.05 bits per heavy atom. The molecule has 2 aliphatic heterocycles. The van der Waals surface area contributed by atoms with Gasteiger partial charge >= 0.3 is 6.09 Å². The number of amides is 2. The highest BCUT2D eigenvalue weighted by Gasteiger charge is 2.41. The number of nitrogens with one attached hydrogen (secondary N) is 1. The Labute approximate surface area is 128 Å². The van der Waals surface area contributed by atoms with Crippen molar-refractivity contribution in [2.24, 2.45) is 0 Å². The van der Waals surface area contributed by atoms with Crippen molar-refractivity contribution in [1.82, 2.24) is 10.2 Å². The molecule has 5 nitrogen and oxygen atoms in total. The molecule has 0 bridgehead atoms. The first-order valence-electron chi connectivity index (χ1n) is 7.51. The van der Waals surface area contributed by atoms with Gasteiger partial charge in [-0.25, -0.2) is 9.18 Å². The van der Waals surface area contributed by atoms with Crippen molar-refractivity contribution in [2.45, 2.75) is 31.8 Å². The lowest BCUT2D eigenvalue weighted by molar-refractivity contribution is -0.0498. The van der Waals surface area contributed by atoms with Crippen molar-refractivity contribution in [3.63, 3.8) is 0 Å². The van der Waals surface area contributed by atoms with E-state index in [9.17, 15) is 14.0 Å². The molecule has 2 fully saturated rings. The Kier molecular flexibility index (Phi) is 3.76. The standard InChI is InChI=1S/C16H19FN2O3/c1-11-10-12(17)2-3-13(11)14(20)19-8-5-16(6-9-19)4-7-18-15(21)22-16/h2-3,10H,4-9H2,1H3,(H,18,21). The Hall–Kier alpha value is -2.11. The van der Waals surface area contributed by atoms with Crippen LogP contribution in [0.1, 0.15) is 35.2 Å². The number of alkyl carbamates (subject to hydrolysis) is 1. The predicted octanol–water partition coefficient (Wildman–Crippen LogP) is 2.24. The van der Waals surface area contributed by atoms with Gasteiger partial charge in [-0.3, -0.25) is 4.79 Å². The Morgan fingerprint density at radius 3 is 2.68 bits per heavy atom. The van der Waals surface area contributed by atoms with E-state index in [0.717, 1.165) is 6.42 Å². The van der Waals surface area contributed by atoms with Gasteiger partial charge in [0.15, 0.2) is 0 Å². The fourth-order valence-corrected chi connectivity index (χ4v) is 3.18. The van der Waals surface area contributed by atoms with Gasteiger partial charge in [0.25, 0.3) is 5.91 Å². The zero-order chi connectivity index (χ0) is 15.7. The molecule has 0 unspecified atom stereocenters. The summed E-state index contributed by atoms with van der Waals surface area (Å²) in [6.07, 6.45) is 1.69. The molecule has 2 saturated heterocycles. The van der Waals surface area contributed by atoms with Crippen LogP contribution < -0.4 is 5.32 Å². The minimum atomic E-state index is -0.434. The molecule has 0 saturated carbocycles. The molecule has 0 radical (unpaired) electrons. The predicted molar refractivity (Wildman–Crippen MR) is 78.1 cm³/mol. The van der Waals surface area contributed by atoms with Gasteiger partial charge in [0, 0.05) is 44.5 Å². The third-order valence-electron chi connectivity index (χ3n) is 4.54. The summed E-state index contributed by atoms with van der Waals surface area (Å²) in [6.45, 7) is 3.44. The average Bonchev–Trinajstić information content (AvgIpc) is 2.47. The van der Waals surface area contributed by atoms with Crippen LogP contribution in [0.25, 0.3) is 0 Å². The summed E-state index contributed by atoms with van der Waals surface area (Å²) in [7, 11) is 0. The molecule has 3 rings (SSSR count). The Morgan fingerprint density at radius 1 is 1.32 bits per heavy atom. The third kappa shape index (κ3) is 2.77. The van der Waals surface area contributed by atoms with E-state index in [1.54, 1.807) is 11.8 Å². The number of carbonyl (C=O) groups is 2. The van der Waals surface area contributed by atoms with Crippen LogP contribution in [0, 0.1) is 12.7 Å². The minimum absolute atomic E-state index is 0.0902. The summed E-state index contributed by atoms with van der Waals surface area (Å²) in [5.74, 6) is -0.430. The molecule has 118 valence electrons. The second-order valence-electron chi connectivity index (χ2n) is 6.00. The largest absolute Gasteiger partial charge is 0.443 e. The maximum Gasteiger partial charge on any atom is 0.407 e. The van der Waals surface area contributed by atoms with Gasteiger partial charge in [-0.2, -0.15) is 0 Å². The lowest BCUT2D eigenvalue weighted by Gasteiger charge is -2.43. The first-order valence-corrected chi connectivity index (χ1v) is 7.51. The fourth-order valence-electron chi connectivity index (χ4n) is 3.18. The zero-order valence-corrected chi connectivity index (χ0v) is 12.5. The molecule has 0 atom stereocenters. The lowest BCUT2D eigenvalue weighted by atomic mass is 9.87. The van der Waals surface area contributed by atoms with Gasteiger partial charge in [-0.1, -0.05) is 0 Å². The monoisotopic (exact) mass is 306 g/mol. The van der Waals surface area contributed by atoms with Crippen molar-refractivity contribution < 1.29 is 18.7 Å². The van der Waals surface area contributed by atoms with E-state index in [2.05, 4.69) is 5.32 Å². The fraction of sp³-hybridized carbons (Fsp3) is 0.500. The van der Waals surface area contributed by atoms with E-state index in [1.165, 1.54) is 18.2 Å². The highest BCUT2D eigenvalue weighted by molar-refractivity contribution is 5.95. The number of hydrogen-bond acceptors (Lipinski definition) is 3. The molecule has 1 N–H and O–H groups in total. The van der Waals surface area contributed by atoms with Crippen molar-refractivity contribution in [3.8, 4) is 0 Å². The summed E-state index contributed by atoms with van der Waals surface area (Å²) < 4.78 is 18.6. The van der Waals surface area contributed by atoms with Crippen LogP contribution >= 0.6 is 0 Å². The van der Waals surface area contributed by atoms with Crippen molar-refractivity contribution >= 4 is 12.0 Å².